The summed E-state index contributed by atoms with van der Waals surface area (Å²) in [4.78, 5) is 17.3. The van der Waals surface area contributed by atoms with Gasteiger partial charge in [-0.15, -0.1) is 0 Å². The topological polar surface area (TPSA) is 144 Å². The van der Waals surface area contributed by atoms with E-state index in [1.54, 1.807) is 0 Å². The number of methoxy groups -OCH3 is 1. The van der Waals surface area contributed by atoms with Crippen LogP contribution in [-0.4, -0.2) is 124 Å². The van der Waals surface area contributed by atoms with Crippen molar-refractivity contribution >= 4 is 7.82 Å². The SMILES string of the molecule is COCC(O)COCCCCOCC(O)CCCCOCC[N+](C)(C)CCCOP(=O)(O)O. The molecule has 0 aromatic carbocycles. The molecule has 2 atom stereocenters. The summed E-state index contributed by atoms with van der Waals surface area (Å²) in [6, 6.07) is 0. The first kappa shape index (κ1) is 32.8. The third kappa shape index (κ3) is 24.7. The third-order valence-corrected chi connectivity index (χ3v) is 5.41. The average Bonchev–Trinajstić information content (AvgIpc) is 2.72. The molecule has 0 aliphatic rings. The number of phosphoric ester groups is 1. The molecule has 11 nitrogen and oxygen atoms in total. The average molecular weight is 505 g/mol. The summed E-state index contributed by atoms with van der Waals surface area (Å²) in [5.41, 5.74) is 0. The number of ether oxygens (including phenoxy) is 4. The Morgan fingerprint density at radius 1 is 0.727 bits per heavy atom. The fraction of sp³-hybridized carbons (Fsp3) is 1.00. The van der Waals surface area contributed by atoms with Gasteiger partial charge in [0, 0.05) is 33.4 Å². The van der Waals surface area contributed by atoms with Crippen LogP contribution in [0.2, 0.25) is 0 Å². The van der Waals surface area contributed by atoms with Crippen LogP contribution >= 0.6 is 7.82 Å². The van der Waals surface area contributed by atoms with E-state index in [9.17, 15) is 14.8 Å². The fourth-order valence-electron chi connectivity index (χ4n) is 2.96. The van der Waals surface area contributed by atoms with Crippen LogP contribution in [0, 0.1) is 0 Å². The second kappa shape index (κ2) is 20.1. The first-order valence-electron chi connectivity index (χ1n) is 11.7. The van der Waals surface area contributed by atoms with Crippen molar-refractivity contribution in [3.05, 3.63) is 0 Å². The van der Waals surface area contributed by atoms with E-state index in [4.69, 9.17) is 28.7 Å². The molecule has 12 heteroatoms. The Hall–Kier alpha value is -0.170. The molecule has 0 amide bonds. The molecule has 2 unspecified atom stereocenters. The molecule has 0 spiro atoms. The first-order chi connectivity index (χ1) is 15.6. The van der Waals surface area contributed by atoms with Gasteiger partial charge in [0.2, 0.25) is 0 Å². The zero-order chi connectivity index (χ0) is 25.0. The highest BCUT2D eigenvalue weighted by Gasteiger charge is 2.17. The molecule has 0 aromatic heterocycles. The van der Waals surface area contributed by atoms with E-state index in [1.807, 2.05) is 14.1 Å². The zero-order valence-corrected chi connectivity index (χ0v) is 21.5. The van der Waals surface area contributed by atoms with E-state index < -0.39 is 20.0 Å². The highest BCUT2D eigenvalue weighted by atomic mass is 31.2. The predicted molar refractivity (Wildman–Crippen MR) is 124 cm³/mol. The summed E-state index contributed by atoms with van der Waals surface area (Å²) in [6.07, 6.45) is 3.57. The lowest BCUT2D eigenvalue weighted by atomic mass is 10.2. The molecule has 0 bridgehead atoms. The number of likely N-dealkylation sites (N-methyl/N-ethyl adjacent to an activating group) is 1. The monoisotopic (exact) mass is 504 g/mol. The van der Waals surface area contributed by atoms with Crippen LogP contribution in [0.15, 0.2) is 0 Å². The van der Waals surface area contributed by atoms with Crippen molar-refractivity contribution in [3.63, 3.8) is 0 Å². The molecule has 0 saturated carbocycles. The van der Waals surface area contributed by atoms with Gasteiger partial charge in [0.1, 0.15) is 12.6 Å². The number of unbranched alkanes of at least 4 members (excludes halogenated alkanes) is 2. The molecule has 4 N–H and O–H groups in total. The number of quaternary nitrogens is 1. The van der Waals surface area contributed by atoms with Crippen LogP contribution in [-0.2, 0) is 28.0 Å². The van der Waals surface area contributed by atoms with Crippen molar-refractivity contribution < 1.29 is 52.5 Å². The van der Waals surface area contributed by atoms with Gasteiger partial charge in [0.05, 0.1) is 59.8 Å². The largest absolute Gasteiger partial charge is 0.469 e. The van der Waals surface area contributed by atoms with Crippen LogP contribution in [0.25, 0.3) is 0 Å². The van der Waals surface area contributed by atoms with Crippen LogP contribution in [0.3, 0.4) is 0 Å². The summed E-state index contributed by atoms with van der Waals surface area (Å²) < 4.78 is 37.1. The van der Waals surface area contributed by atoms with Gasteiger partial charge in [-0.3, -0.25) is 4.52 Å². The van der Waals surface area contributed by atoms with Gasteiger partial charge in [-0.05, 0) is 32.1 Å². The van der Waals surface area contributed by atoms with Crippen LogP contribution in [0.1, 0.15) is 38.5 Å². The molecule has 0 rings (SSSR count). The number of hydrogen-bond acceptors (Lipinski definition) is 8. The quantitative estimate of drug-likeness (QED) is 0.0851. The molecule has 0 fully saturated rings. The minimum atomic E-state index is -4.38. The Morgan fingerprint density at radius 3 is 1.91 bits per heavy atom. The Morgan fingerprint density at radius 2 is 1.30 bits per heavy atom. The van der Waals surface area contributed by atoms with E-state index in [2.05, 4.69) is 4.52 Å². The van der Waals surface area contributed by atoms with Crippen molar-refractivity contribution in [2.24, 2.45) is 0 Å². The molecule has 0 aromatic rings. The second-order valence-corrected chi connectivity index (χ2v) is 10.0. The van der Waals surface area contributed by atoms with Crippen LogP contribution < -0.4 is 0 Å². The molecule has 0 aliphatic carbocycles. The third-order valence-electron chi connectivity index (χ3n) is 4.89. The lowest BCUT2D eigenvalue weighted by Gasteiger charge is -2.29. The van der Waals surface area contributed by atoms with Crippen molar-refractivity contribution in [3.8, 4) is 0 Å². The number of aliphatic hydroxyl groups is 2. The second-order valence-electron chi connectivity index (χ2n) is 8.79. The number of hydrogen-bond donors (Lipinski definition) is 4. The molecular formula is C21H47NO10P+. The molecule has 200 valence electrons. The van der Waals surface area contributed by atoms with E-state index in [1.165, 1.54) is 7.11 Å². The van der Waals surface area contributed by atoms with Gasteiger partial charge < -0.3 is 43.4 Å². The lowest BCUT2D eigenvalue weighted by molar-refractivity contribution is -0.890. The number of phosphoric acid groups is 1. The van der Waals surface area contributed by atoms with Crippen molar-refractivity contribution in [1.29, 1.82) is 0 Å². The van der Waals surface area contributed by atoms with Crippen LogP contribution in [0.4, 0.5) is 0 Å². The lowest BCUT2D eigenvalue weighted by Crippen LogP contribution is -2.43. The van der Waals surface area contributed by atoms with E-state index in [-0.39, 0.29) is 19.8 Å². The Bertz CT molecular complexity index is 492. The van der Waals surface area contributed by atoms with Crippen molar-refractivity contribution in [1.82, 2.24) is 0 Å². The smallest absolute Gasteiger partial charge is 0.391 e. The minimum absolute atomic E-state index is 0.0353. The predicted octanol–water partition coefficient (Wildman–Crippen LogP) is 0.931. The van der Waals surface area contributed by atoms with Gasteiger partial charge in [-0.2, -0.15) is 0 Å². The summed E-state index contributed by atoms with van der Waals surface area (Å²) >= 11 is 0. The molecular weight excluding hydrogens is 457 g/mol. The fourth-order valence-corrected chi connectivity index (χ4v) is 3.32. The molecule has 33 heavy (non-hydrogen) atoms. The summed E-state index contributed by atoms with van der Waals surface area (Å²) in [6.45, 7) is 4.81. The normalized spacial score (nSPS) is 14.5. The van der Waals surface area contributed by atoms with Gasteiger partial charge in [-0.1, -0.05) is 0 Å². The maximum atomic E-state index is 10.6. The van der Waals surface area contributed by atoms with Crippen LogP contribution in [0.5, 0.6) is 0 Å². The van der Waals surface area contributed by atoms with Gasteiger partial charge in [0.25, 0.3) is 0 Å². The zero-order valence-electron chi connectivity index (χ0n) is 20.6. The van der Waals surface area contributed by atoms with Gasteiger partial charge >= 0.3 is 7.82 Å². The summed E-state index contributed by atoms with van der Waals surface area (Å²) in [7, 11) is 1.23. The number of nitrogens with zero attached hydrogens (tertiary/aromatic N) is 1. The molecule has 0 radical (unpaired) electrons. The van der Waals surface area contributed by atoms with E-state index in [0.29, 0.717) is 50.4 Å². The molecule has 0 saturated heterocycles. The summed E-state index contributed by atoms with van der Waals surface area (Å²) in [5.74, 6) is 0. The van der Waals surface area contributed by atoms with Gasteiger partial charge in [-0.25, -0.2) is 4.57 Å². The first-order valence-corrected chi connectivity index (χ1v) is 13.2. The van der Waals surface area contributed by atoms with Crippen molar-refractivity contribution in [2.45, 2.75) is 50.7 Å². The Kier molecular flexibility index (Phi) is 20.0. The maximum absolute atomic E-state index is 10.6. The van der Waals surface area contributed by atoms with E-state index >= 15 is 0 Å². The Balaban J connectivity index is 3.46. The number of aliphatic hydroxyl groups excluding tert-OH is 2. The van der Waals surface area contributed by atoms with Crippen molar-refractivity contribution in [2.75, 3.05) is 87.1 Å². The summed E-state index contributed by atoms with van der Waals surface area (Å²) in [5, 5.41) is 19.4. The van der Waals surface area contributed by atoms with E-state index in [0.717, 1.165) is 38.8 Å². The maximum Gasteiger partial charge on any atom is 0.469 e. The highest BCUT2D eigenvalue weighted by Crippen LogP contribution is 2.35. The standard InChI is InChI=1S/C21H46NO10P/c1-22(2,10-8-15-32-33(25,26)27)11-16-29-12-5-4-9-20(23)18-30-13-6-7-14-31-19-21(24)17-28-3/h20-21,23-24H,4-19H2,1-3H3,(H-,25,26,27)/p+1. The molecule has 0 heterocycles. The highest BCUT2D eigenvalue weighted by molar-refractivity contribution is 7.46. The minimum Gasteiger partial charge on any atom is -0.391 e. The Labute approximate surface area is 198 Å². The number of rotatable bonds is 24. The van der Waals surface area contributed by atoms with Gasteiger partial charge in [0.15, 0.2) is 0 Å². The molecule has 0 aliphatic heterocycles.